The van der Waals surface area contributed by atoms with Gasteiger partial charge in [0.25, 0.3) is 0 Å². The van der Waals surface area contributed by atoms with E-state index in [4.69, 9.17) is 14.2 Å². The maximum Gasteiger partial charge on any atom is 0.433 e. The van der Waals surface area contributed by atoms with Crippen molar-refractivity contribution in [3.63, 3.8) is 0 Å². The Morgan fingerprint density at radius 3 is 2.07 bits per heavy atom. The van der Waals surface area contributed by atoms with Gasteiger partial charge in [0.2, 0.25) is 0 Å². The maximum absolute atomic E-state index is 13.7. The molecule has 0 unspecified atom stereocenters. The summed E-state index contributed by atoms with van der Waals surface area (Å²) in [4.78, 5) is 3.79. The largest absolute Gasteiger partial charge is 0.487 e. The number of halogens is 3. The zero-order valence-corrected chi connectivity index (χ0v) is 16.3. The van der Waals surface area contributed by atoms with Crippen molar-refractivity contribution >= 4 is 0 Å². The van der Waals surface area contributed by atoms with Crippen molar-refractivity contribution in [2.24, 2.45) is 0 Å². The van der Waals surface area contributed by atoms with Gasteiger partial charge < -0.3 is 14.2 Å². The highest BCUT2D eigenvalue weighted by Gasteiger charge is 2.38. The molecule has 1 aromatic heterocycles. The fourth-order valence-electron chi connectivity index (χ4n) is 2.74. The van der Waals surface area contributed by atoms with E-state index < -0.39 is 11.9 Å². The summed E-state index contributed by atoms with van der Waals surface area (Å²) >= 11 is 0. The summed E-state index contributed by atoms with van der Waals surface area (Å²) in [5.74, 6) is 0.267. The molecule has 0 aliphatic carbocycles. The fourth-order valence-corrected chi connectivity index (χ4v) is 2.74. The first-order chi connectivity index (χ1) is 13.9. The number of alkyl halides is 3. The van der Waals surface area contributed by atoms with Crippen LogP contribution in [0.25, 0.3) is 0 Å². The molecule has 0 aliphatic rings. The van der Waals surface area contributed by atoms with E-state index in [9.17, 15) is 13.2 Å². The number of nitrogens with zero attached hydrogens (tertiary/aromatic N) is 1. The quantitative estimate of drug-likeness (QED) is 0.370. The molecule has 156 valence electrons. The molecular formula is C22H24F3NO3. The van der Waals surface area contributed by atoms with E-state index in [2.05, 4.69) is 18.1 Å². The number of hydrogen-bond donors (Lipinski definition) is 0. The Balaban J connectivity index is 2.48. The summed E-state index contributed by atoms with van der Waals surface area (Å²) in [6.45, 7) is 8.68. The Labute approximate surface area is 168 Å². The number of hydrogen-bond acceptors (Lipinski definition) is 4. The first kappa shape index (κ1) is 22.6. The highest BCUT2D eigenvalue weighted by Crippen LogP contribution is 2.38. The topological polar surface area (TPSA) is 40.6 Å². The van der Waals surface area contributed by atoms with E-state index in [0.29, 0.717) is 0 Å². The second-order valence-corrected chi connectivity index (χ2v) is 6.21. The smallest absolute Gasteiger partial charge is 0.433 e. The summed E-state index contributed by atoms with van der Waals surface area (Å²) in [7, 11) is 0. The minimum Gasteiger partial charge on any atom is -0.487 e. The van der Waals surface area contributed by atoms with Crippen LogP contribution in [0.4, 0.5) is 13.2 Å². The van der Waals surface area contributed by atoms with Crippen LogP contribution in [0.15, 0.2) is 55.6 Å². The third-order valence-electron chi connectivity index (χ3n) is 3.99. The Morgan fingerprint density at radius 1 is 0.931 bits per heavy atom. The van der Waals surface area contributed by atoms with Crippen molar-refractivity contribution in [3.05, 3.63) is 83.7 Å². The van der Waals surface area contributed by atoms with Crippen LogP contribution in [0.3, 0.4) is 0 Å². The third-order valence-corrected chi connectivity index (χ3v) is 3.99. The lowest BCUT2D eigenvalue weighted by molar-refractivity contribution is -0.142. The monoisotopic (exact) mass is 407 g/mol. The molecule has 0 saturated heterocycles. The van der Waals surface area contributed by atoms with Crippen LogP contribution in [0.1, 0.15) is 28.1 Å². The zero-order chi connectivity index (χ0) is 21.3. The summed E-state index contributed by atoms with van der Waals surface area (Å²) in [6, 6.07) is 9.33. The second kappa shape index (κ2) is 10.8. The molecule has 29 heavy (non-hydrogen) atoms. The molecule has 0 N–H and O–H groups in total. The SMILES string of the molecule is C=CCOCc1c(C(F)(F)F)nc(C)c(OCc2ccccc2)c1COCC=C. The van der Waals surface area contributed by atoms with Crippen molar-refractivity contribution in [1.29, 1.82) is 0 Å². The number of pyridine rings is 1. The summed E-state index contributed by atoms with van der Waals surface area (Å²) < 4.78 is 57.6. The van der Waals surface area contributed by atoms with E-state index in [-0.39, 0.29) is 55.6 Å². The molecule has 2 aromatic rings. The van der Waals surface area contributed by atoms with Gasteiger partial charge in [-0.3, -0.25) is 0 Å². The molecule has 0 fully saturated rings. The van der Waals surface area contributed by atoms with Crippen LogP contribution < -0.4 is 4.74 Å². The van der Waals surface area contributed by atoms with E-state index in [0.717, 1.165) is 5.56 Å². The average molecular weight is 407 g/mol. The molecule has 0 spiro atoms. The Morgan fingerprint density at radius 2 is 1.52 bits per heavy atom. The van der Waals surface area contributed by atoms with Crippen LogP contribution in [0, 0.1) is 6.92 Å². The van der Waals surface area contributed by atoms with Crippen molar-refractivity contribution in [1.82, 2.24) is 4.98 Å². The lowest BCUT2D eigenvalue weighted by Gasteiger charge is -2.21. The third kappa shape index (κ3) is 6.44. The molecule has 0 aliphatic heterocycles. The van der Waals surface area contributed by atoms with Gasteiger partial charge in [-0.1, -0.05) is 42.5 Å². The molecule has 0 saturated carbocycles. The molecule has 7 heteroatoms. The number of ether oxygens (including phenoxy) is 3. The summed E-state index contributed by atoms with van der Waals surface area (Å²) in [6.07, 6.45) is -1.64. The highest BCUT2D eigenvalue weighted by molar-refractivity contribution is 5.46. The lowest BCUT2D eigenvalue weighted by Crippen LogP contribution is -2.18. The van der Waals surface area contributed by atoms with Crippen LogP contribution in [0.2, 0.25) is 0 Å². The van der Waals surface area contributed by atoms with Crippen molar-refractivity contribution in [3.8, 4) is 5.75 Å². The molecule has 4 nitrogen and oxygen atoms in total. The Kier molecular flexibility index (Phi) is 8.42. The predicted molar refractivity (Wildman–Crippen MR) is 104 cm³/mol. The van der Waals surface area contributed by atoms with Gasteiger partial charge in [0.15, 0.2) is 5.69 Å². The summed E-state index contributed by atoms with van der Waals surface area (Å²) in [5.41, 5.74) is 0.194. The number of aryl methyl sites for hydroxylation is 1. The first-order valence-electron chi connectivity index (χ1n) is 9.02. The maximum atomic E-state index is 13.7. The highest BCUT2D eigenvalue weighted by atomic mass is 19.4. The Hall–Kier alpha value is -2.64. The van der Waals surface area contributed by atoms with Crippen molar-refractivity contribution < 1.29 is 27.4 Å². The zero-order valence-electron chi connectivity index (χ0n) is 16.3. The summed E-state index contributed by atoms with van der Waals surface area (Å²) in [5, 5.41) is 0. The molecule has 2 rings (SSSR count). The average Bonchev–Trinajstić information content (AvgIpc) is 2.69. The van der Waals surface area contributed by atoms with Crippen LogP contribution in [-0.2, 0) is 35.5 Å². The minimum absolute atomic E-state index is 0.0879. The van der Waals surface area contributed by atoms with Gasteiger partial charge in [0, 0.05) is 11.1 Å². The van der Waals surface area contributed by atoms with Crippen molar-refractivity contribution in [2.45, 2.75) is 32.9 Å². The molecule has 0 amide bonds. The molecule has 1 heterocycles. The van der Waals surface area contributed by atoms with Crippen LogP contribution in [0.5, 0.6) is 5.75 Å². The molecule has 1 aromatic carbocycles. The first-order valence-corrected chi connectivity index (χ1v) is 9.02. The van der Waals surface area contributed by atoms with Crippen LogP contribution >= 0.6 is 0 Å². The van der Waals surface area contributed by atoms with E-state index in [1.54, 1.807) is 0 Å². The fraction of sp³-hybridized carbons (Fsp3) is 0.318. The van der Waals surface area contributed by atoms with E-state index in [1.165, 1.54) is 19.1 Å². The minimum atomic E-state index is -4.64. The van der Waals surface area contributed by atoms with Gasteiger partial charge in [0.05, 0.1) is 32.1 Å². The predicted octanol–water partition coefficient (Wildman–Crippen LogP) is 5.39. The van der Waals surface area contributed by atoms with Gasteiger partial charge in [-0.05, 0) is 12.5 Å². The second-order valence-electron chi connectivity index (χ2n) is 6.21. The van der Waals surface area contributed by atoms with Crippen molar-refractivity contribution in [2.75, 3.05) is 13.2 Å². The standard InChI is InChI=1S/C22H24F3NO3/c1-4-11-27-14-18-19(15-28-12-5-2)21(22(23,24)25)26-16(3)20(18)29-13-17-9-7-6-8-10-17/h4-10H,1-2,11-15H2,3H3. The number of benzene rings is 1. The van der Waals surface area contributed by atoms with Gasteiger partial charge in [-0.15, -0.1) is 13.2 Å². The molecule has 0 bridgehead atoms. The van der Waals surface area contributed by atoms with Crippen LogP contribution in [-0.4, -0.2) is 18.2 Å². The number of aromatic nitrogens is 1. The molecule has 0 atom stereocenters. The van der Waals surface area contributed by atoms with E-state index >= 15 is 0 Å². The van der Waals surface area contributed by atoms with Gasteiger partial charge >= 0.3 is 6.18 Å². The molecule has 0 radical (unpaired) electrons. The normalized spacial score (nSPS) is 11.3. The van der Waals surface area contributed by atoms with E-state index in [1.807, 2.05) is 30.3 Å². The van der Waals surface area contributed by atoms with Gasteiger partial charge in [-0.2, -0.15) is 13.2 Å². The Bertz CT molecular complexity index is 820. The molecular weight excluding hydrogens is 383 g/mol. The number of rotatable bonds is 11. The lowest BCUT2D eigenvalue weighted by atomic mass is 10.0. The van der Waals surface area contributed by atoms with Gasteiger partial charge in [-0.25, -0.2) is 4.98 Å². The van der Waals surface area contributed by atoms with Gasteiger partial charge in [0.1, 0.15) is 12.4 Å².